The second-order valence-corrected chi connectivity index (χ2v) is 7.61. The largest absolute Gasteiger partial charge is 0.355 e. The van der Waals surface area contributed by atoms with Crippen molar-refractivity contribution in [3.05, 3.63) is 15.6 Å². The van der Waals surface area contributed by atoms with Gasteiger partial charge in [0, 0.05) is 37.4 Å². The van der Waals surface area contributed by atoms with E-state index < -0.39 is 0 Å². The van der Waals surface area contributed by atoms with Crippen molar-refractivity contribution < 1.29 is 9.59 Å². The van der Waals surface area contributed by atoms with Gasteiger partial charge in [-0.1, -0.05) is 0 Å². The van der Waals surface area contributed by atoms with Crippen LogP contribution < -0.4 is 5.32 Å². The lowest BCUT2D eigenvalue weighted by atomic mass is 9.91. The minimum atomic E-state index is -0.0517. The van der Waals surface area contributed by atoms with Gasteiger partial charge in [-0.05, 0) is 32.6 Å². The average Bonchev–Trinajstić information content (AvgIpc) is 3.10. The molecule has 0 radical (unpaired) electrons. The van der Waals surface area contributed by atoms with E-state index in [-0.39, 0.29) is 17.7 Å². The van der Waals surface area contributed by atoms with Crippen molar-refractivity contribution in [3.8, 4) is 0 Å². The molecule has 1 fully saturated rings. The number of likely N-dealkylation sites (tertiary alicyclic amines) is 1. The van der Waals surface area contributed by atoms with Gasteiger partial charge < -0.3 is 10.2 Å². The first kappa shape index (κ1) is 15.5. The number of hydrogen-bond acceptors (Lipinski definition) is 4. The van der Waals surface area contributed by atoms with Gasteiger partial charge in [0.2, 0.25) is 11.8 Å². The molecule has 2 amide bonds. The van der Waals surface area contributed by atoms with Crippen LogP contribution in [-0.2, 0) is 16.0 Å². The van der Waals surface area contributed by atoms with Gasteiger partial charge in [0.1, 0.15) is 0 Å². The number of carbonyl (C=O) groups excluding carboxylic acids is 2. The van der Waals surface area contributed by atoms with E-state index in [9.17, 15) is 9.59 Å². The molecule has 3 rings (SSSR count). The number of carbonyl (C=O) groups is 2. The van der Waals surface area contributed by atoms with Crippen LogP contribution in [0.3, 0.4) is 0 Å². The molecule has 0 unspecified atom stereocenters. The fraction of sp³-hybridized carbons (Fsp3) is 0.688. The van der Waals surface area contributed by atoms with Crippen molar-refractivity contribution in [1.82, 2.24) is 15.2 Å². The zero-order valence-electron chi connectivity index (χ0n) is 13.2. The summed E-state index contributed by atoms with van der Waals surface area (Å²) in [5, 5.41) is 4.21. The van der Waals surface area contributed by atoms with E-state index in [2.05, 4.69) is 10.3 Å². The molecule has 1 saturated heterocycles. The lowest BCUT2D eigenvalue weighted by Gasteiger charge is -2.22. The quantitative estimate of drug-likeness (QED) is 0.924. The van der Waals surface area contributed by atoms with Crippen LogP contribution in [0.4, 0.5) is 0 Å². The van der Waals surface area contributed by atoms with Gasteiger partial charge in [-0.2, -0.15) is 0 Å². The van der Waals surface area contributed by atoms with Crippen molar-refractivity contribution in [2.75, 3.05) is 19.6 Å². The van der Waals surface area contributed by atoms with E-state index in [1.165, 1.54) is 17.0 Å². The van der Waals surface area contributed by atoms with Crippen LogP contribution in [0, 0.1) is 12.8 Å². The number of nitrogens with one attached hydrogen (secondary N) is 1. The fourth-order valence-electron chi connectivity index (χ4n) is 3.46. The maximum Gasteiger partial charge on any atom is 0.224 e. The first-order valence-electron chi connectivity index (χ1n) is 8.04. The molecule has 1 aromatic heterocycles. The number of amides is 2. The SMILES string of the molecule is CC(=O)N1CC[C@H](C(=O)NC[C@H]2CCCc3sc(C)nc32)C1. The Morgan fingerprint density at radius 2 is 2.23 bits per heavy atom. The lowest BCUT2D eigenvalue weighted by Crippen LogP contribution is -2.36. The van der Waals surface area contributed by atoms with Crippen molar-refractivity contribution in [3.63, 3.8) is 0 Å². The van der Waals surface area contributed by atoms with Crippen LogP contribution >= 0.6 is 11.3 Å². The highest BCUT2D eigenvalue weighted by Crippen LogP contribution is 2.34. The standard InChI is InChI=1S/C16H23N3O2S/c1-10-18-15-12(4-3-5-14(15)22-10)8-17-16(21)13-6-7-19(9-13)11(2)20/h12-13H,3-9H2,1-2H3,(H,17,21)/t12-,13+/m1/s1. The predicted octanol–water partition coefficient (Wildman–Crippen LogP) is 1.86. The first-order chi connectivity index (χ1) is 10.5. The molecule has 1 aliphatic heterocycles. The normalized spacial score (nSPS) is 24.2. The second kappa shape index (κ2) is 6.36. The Hall–Kier alpha value is -1.43. The molecule has 1 aromatic rings. The predicted molar refractivity (Wildman–Crippen MR) is 85.9 cm³/mol. The number of aromatic nitrogens is 1. The Morgan fingerprint density at radius 3 is 2.95 bits per heavy atom. The summed E-state index contributed by atoms with van der Waals surface area (Å²) in [6, 6.07) is 0. The third-order valence-electron chi connectivity index (χ3n) is 4.70. The van der Waals surface area contributed by atoms with E-state index in [1.807, 2.05) is 6.92 Å². The summed E-state index contributed by atoms with van der Waals surface area (Å²) >= 11 is 1.79. The van der Waals surface area contributed by atoms with Gasteiger partial charge in [-0.25, -0.2) is 4.98 Å². The van der Waals surface area contributed by atoms with Gasteiger partial charge in [0.15, 0.2) is 0 Å². The summed E-state index contributed by atoms with van der Waals surface area (Å²) in [5.41, 5.74) is 1.20. The zero-order chi connectivity index (χ0) is 15.7. The molecule has 0 spiro atoms. The summed E-state index contributed by atoms with van der Waals surface area (Å²) in [7, 11) is 0. The Kier molecular flexibility index (Phi) is 4.47. The van der Waals surface area contributed by atoms with Crippen LogP contribution in [0.15, 0.2) is 0 Å². The number of rotatable bonds is 3. The van der Waals surface area contributed by atoms with Crippen molar-refractivity contribution in [2.45, 2.75) is 45.4 Å². The van der Waals surface area contributed by atoms with Crippen LogP contribution in [0.25, 0.3) is 0 Å². The molecule has 1 N–H and O–H groups in total. The smallest absolute Gasteiger partial charge is 0.224 e. The first-order valence-corrected chi connectivity index (χ1v) is 8.85. The number of hydrogen-bond donors (Lipinski definition) is 1. The topological polar surface area (TPSA) is 62.3 Å². The van der Waals surface area contributed by atoms with Gasteiger partial charge >= 0.3 is 0 Å². The Morgan fingerprint density at radius 1 is 1.41 bits per heavy atom. The third-order valence-corrected chi connectivity index (χ3v) is 5.75. The molecule has 0 aromatic carbocycles. The summed E-state index contributed by atoms with van der Waals surface area (Å²) in [4.78, 5) is 31.5. The zero-order valence-corrected chi connectivity index (χ0v) is 14.0. The van der Waals surface area contributed by atoms with E-state index in [4.69, 9.17) is 0 Å². The second-order valence-electron chi connectivity index (χ2n) is 6.33. The molecule has 2 atom stereocenters. The molecule has 0 saturated carbocycles. The van der Waals surface area contributed by atoms with Crippen LogP contribution in [0.1, 0.15) is 47.7 Å². The van der Waals surface area contributed by atoms with Crippen molar-refractivity contribution in [1.29, 1.82) is 0 Å². The molecular formula is C16H23N3O2S. The number of aryl methyl sites for hydroxylation is 2. The Bertz CT molecular complexity index is 584. The number of nitrogens with zero attached hydrogens (tertiary/aromatic N) is 2. The molecule has 5 nitrogen and oxygen atoms in total. The van der Waals surface area contributed by atoms with E-state index in [1.54, 1.807) is 23.2 Å². The molecule has 1 aliphatic carbocycles. The summed E-state index contributed by atoms with van der Waals surface area (Å²) in [5.74, 6) is 0.445. The van der Waals surface area contributed by atoms with Crippen LogP contribution in [-0.4, -0.2) is 41.3 Å². The van der Waals surface area contributed by atoms with Gasteiger partial charge in [0.25, 0.3) is 0 Å². The Balaban J connectivity index is 1.55. The summed E-state index contributed by atoms with van der Waals surface area (Å²) in [6.07, 6.45) is 4.18. The monoisotopic (exact) mass is 321 g/mol. The van der Waals surface area contributed by atoms with E-state index >= 15 is 0 Å². The fourth-order valence-corrected chi connectivity index (χ4v) is 4.52. The van der Waals surface area contributed by atoms with Gasteiger partial charge in [-0.15, -0.1) is 11.3 Å². The highest BCUT2D eigenvalue weighted by Gasteiger charge is 2.30. The van der Waals surface area contributed by atoms with E-state index in [0.29, 0.717) is 25.6 Å². The lowest BCUT2D eigenvalue weighted by molar-refractivity contribution is -0.128. The average molecular weight is 321 g/mol. The van der Waals surface area contributed by atoms with E-state index in [0.717, 1.165) is 24.3 Å². The minimum absolute atomic E-state index is 0.0517. The van der Waals surface area contributed by atoms with Crippen LogP contribution in [0.2, 0.25) is 0 Å². The maximum absolute atomic E-state index is 12.3. The molecule has 22 heavy (non-hydrogen) atoms. The third kappa shape index (κ3) is 3.16. The van der Waals surface area contributed by atoms with Gasteiger partial charge in [0.05, 0.1) is 16.6 Å². The summed E-state index contributed by atoms with van der Waals surface area (Å²) in [6.45, 7) is 5.55. The number of thiazole rings is 1. The highest BCUT2D eigenvalue weighted by molar-refractivity contribution is 7.11. The Labute approximate surface area is 135 Å². The van der Waals surface area contributed by atoms with Crippen LogP contribution in [0.5, 0.6) is 0 Å². The minimum Gasteiger partial charge on any atom is -0.355 e. The molecule has 2 aliphatic rings. The highest BCUT2D eigenvalue weighted by atomic mass is 32.1. The number of fused-ring (bicyclic) bond motifs is 1. The molecule has 2 heterocycles. The molecular weight excluding hydrogens is 298 g/mol. The molecule has 6 heteroatoms. The molecule has 120 valence electrons. The molecule has 0 bridgehead atoms. The van der Waals surface area contributed by atoms with Gasteiger partial charge in [-0.3, -0.25) is 9.59 Å². The maximum atomic E-state index is 12.3. The van der Waals surface area contributed by atoms with Crippen molar-refractivity contribution >= 4 is 23.2 Å². The summed E-state index contributed by atoms with van der Waals surface area (Å²) < 4.78 is 0. The van der Waals surface area contributed by atoms with Crippen molar-refractivity contribution in [2.24, 2.45) is 5.92 Å².